The monoisotopic (exact) mass is 376 g/mol. The maximum atomic E-state index is 13.8. The molecule has 10 heteroatoms. The maximum Gasteiger partial charge on any atom is 0.276 e. The highest BCUT2D eigenvalue weighted by Crippen LogP contribution is 2.25. The Balaban J connectivity index is 1.81. The van der Waals surface area contributed by atoms with Gasteiger partial charge in [-0.1, -0.05) is 17.7 Å². The molecule has 2 amide bonds. The van der Waals surface area contributed by atoms with Crippen molar-refractivity contribution in [1.82, 2.24) is 19.9 Å². The lowest BCUT2D eigenvalue weighted by Crippen LogP contribution is -2.21. The number of carbonyl (C=O) groups is 2. The SMILES string of the molecule is Cc1nc(NC(=O)c2[nH]cnc2C(=O)Nc2c(F)cccc2Cl)[nH]c1C. The predicted molar refractivity (Wildman–Crippen MR) is 94.0 cm³/mol. The van der Waals surface area contributed by atoms with Crippen LogP contribution in [0.25, 0.3) is 0 Å². The molecular formula is C16H14ClFN6O2. The summed E-state index contributed by atoms with van der Waals surface area (Å²) in [7, 11) is 0. The summed E-state index contributed by atoms with van der Waals surface area (Å²) in [6, 6.07) is 4.00. The van der Waals surface area contributed by atoms with E-state index in [0.29, 0.717) is 0 Å². The van der Waals surface area contributed by atoms with Crippen molar-refractivity contribution >= 4 is 35.1 Å². The van der Waals surface area contributed by atoms with Crippen molar-refractivity contribution in [2.45, 2.75) is 13.8 Å². The molecule has 0 aliphatic carbocycles. The first-order chi connectivity index (χ1) is 12.4. The molecule has 3 rings (SSSR count). The van der Waals surface area contributed by atoms with Crippen molar-refractivity contribution in [3.05, 3.63) is 58.1 Å². The second kappa shape index (κ2) is 6.96. The van der Waals surface area contributed by atoms with Gasteiger partial charge in [0, 0.05) is 5.69 Å². The van der Waals surface area contributed by atoms with Gasteiger partial charge in [-0.05, 0) is 26.0 Å². The van der Waals surface area contributed by atoms with E-state index in [4.69, 9.17) is 11.6 Å². The van der Waals surface area contributed by atoms with Crippen molar-refractivity contribution in [1.29, 1.82) is 0 Å². The van der Waals surface area contributed by atoms with Gasteiger partial charge in [0.25, 0.3) is 11.8 Å². The lowest BCUT2D eigenvalue weighted by Gasteiger charge is -2.08. The third kappa shape index (κ3) is 3.42. The summed E-state index contributed by atoms with van der Waals surface area (Å²) in [5.41, 5.74) is 1.04. The fourth-order valence-corrected chi connectivity index (χ4v) is 2.42. The second-order valence-corrected chi connectivity index (χ2v) is 5.83. The van der Waals surface area contributed by atoms with Crippen LogP contribution in [0.3, 0.4) is 0 Å². The van der Waals surface area contributed by atoms with E-state index in [0.717, 1.165) is 17.5 Å². The summed E-state index contributed by atoms with van der Waals surface area (Å²) in [4.78, 5) is 38.2. The maximum absolute atomic E-state index is 13.8. The van der Waals surface area contributed by atoms with Crippen LogP contribution in [0.2, 0.25) is 5.02 Å². The zero-order valence-electron chi connectivity index (χ0n) is 13.8. The Labute approximate surface area is 152 Å². The molecule has 2 aromatic heterocycles. The van der Waals surface area contributed by atoms with Gasteiger partial charge < -0.3 is 15.3 Å². The molecule has 0 saturated heterocycles. The number of imidazole rings is 2. The van der Waals surface area contributed by atoms with Crippen LogP contribution in [0.15, 0.2) is 24.5 Å². The van der Waals surface area contributed by atoms with Crippen molar-refractivity contribution in [2.75, 3.05) is 10.6 Å². The number of carbonyl (C=O) groups excluding carboxylic acids is 2. The molecule has 26 heavy (non-hydrogen) atoms. The van der Waals surface area contributed by atoms with Crippen LogP contribution >= 0.6 is 11.6 Å². The number of amides is 2. The summed E-state index contributed by atoms with van der Waals surface area (Å²) in [6.45, 7) is 3.60. The van der Waals surface area contributed by atoms with Gasteiger partial charge in [0.15, 0.2) is 5.69 Å². The molecule has 0 radical (unpaired) electrons. The summed E-state index contributed by atoms with van der Waals surface area (Å²) in [5, 5.41) is 4.88. The van der Waals surface area contributed by atoms with E-state index < -0.39 is 17.6 Å². The summed E-state index contributed by atoms with van der Waals surface area (Å²) in [5.74, 6) is -1.87. The van der Waals surface area contributed by atoms with Gasteiger partial charge in [0.2, 0.25) is 5.95 Å². The minimum Gasteiger partial charge on any atom is -0.340 e. The standard InChI is InChI=1S/C16H14ClFN6O2/c1-7-8(2)22-16(21-7)24-15(26)13-12(19-6-20-13)14(25)23-11-9(17)4-3-5-10(11)18/h3-6H,1-2H3,(H,19,20)(H,23,25)(H2,21,22,24,26). The summed E-state index contributed by atoms with van der Waals surface area (Å²) >= 11 is 5.89. The van der Waals surface area contributed by atoms with Gasteiger partial charge in [0.05, 0.1) is 22.7 Å². The number of aromatic nitrogens is 4. The Morgan fingerprint density at radius 3 is 2.62 bits per heavy atom. The van der Waals surface area contributed by atoms with E-state index in [1.165, 1.54) is 18.5 Å². The lowest BCUT2D eigenvalue weighted by molar-refractivity contribution is 0.0985. The van der Waals surface area contributed by atoms with Crippen molar-refractivity contribution in [3.8, 4) is 0 Å². The number of aromatic amines is 2. The van der Waals surface area contributed by atoms with Crippen LogP contribution in [0.5, 0.6) is 0 Å². The normalized spacial score (nSPS) is 10.6. The zero-order chi connectivity index (χ0) is 18.8. The second-order valence-electron chi connectivity index (χ2n) is 5.43. The minimum absolute atomic E-state index is 0.0291. The zero-order valence-corrected chi connectivity index (χ0v) is 14.5. The largest absolute Gasteiger partial charge is 0.340 e. The van der Waals surface area contributed by atoms with E-state index in [2.05, 4.69) is 30.6 Å². The Morgan fingerprint density at radius 1 is 1.19 bits per heavy atom. The molecule has 0 saturated carbocycles. The number of benzene rings is 1. The number of rotatable bonds is 4. The average Bonchev–Trinajstić information content (AvgIpc) is 3.18. The Kier molecular flexibility index (Phi) is 4.72. The van der Waals surface area contributed by atoms with Crippen molar-refractivity contribution < 1.29 is 14.0 Å². The molecule has 1 aromatic carbocycles. The highest BCUT2D eigenvalue weighted by Gasteiger charge is 2.23. The molecule has 0 bridgehead atoms. The Morgan fingerprint density at radius 2 is 1.96 bits per heavy atom. The van der Waals surface area contributed by atoms with Gasteiger partial charge in [-0.15, -0.1) is 0 Å². The first kappa shape index (κ1) is 17.6. The third-order valence-electron chi connectivity index (χ3n) is 3.64. The molecule has 134 valence electrons. The summed E-state index contributed by atoms with van der Waals surface area (Å²) < 4.78 is 13.8. The number of anilines is 2. The topological polar surface area (TPSA) is 116 Å². The van der Waals surface area contributed by atoms with Crippen LogP contribution < -0.4 is 10.6 Å². The first-order valence-electron chi connectivity index (χ1n) is 7.50. The van der Waals surface area contributed by atoms with Crippen LogP contribution in [-0.2, 0) is 0 Å². The molecule has 2 heterocycles. The van der Waals surface area contributed by atoms with E-state index in [1.807, 2.05) is 6.92 Å². The lowest BCUT2D eigenvalue weighted by atomic mass is 10.2. The Hall–Kier alpha value is -3.20. The molecule has 3 aromatic rings. The smallest absolute Gasteiger partial charge is 0.276 e. The van der Waals surface area contributed by atoms with Gasteiger partial charge >= 0.3 is 0 Å². The number of halogens is 2. The minimum atomic E-state index is -0.782. The molecule has 4 N–H and O–H groups in total. The molecule has 0 atom stereocenters. The number of H-pyrrole nitrogens is 2. The van der Waals surface area contributed by atoms with Gasteiger partial charge in [-0.2, -0.15) is 0 Å². The molecule has 0 spiro atoms. The van der Waals surface area contributed by atoms with E-state index in [-0.39, 0.29) is 28.0 Å². The average molecular weight is 377 g/mol. The molecule has 8 nitrogen and oxygen atoms in total. The molecule has 0 aliphatic rings. The Bertz CT molecular complexity index is 957. The van der Waals surface area contributed by atoms with Gasteiger partial charge in [-0.3, -0.25) is 14.9 Å². The highest BCUT2D eigenvalue weighted by molar-refractivity contribution is 6.34. The quantitative estimate of drug-likeness (QED) is 0.560. The van der Waals surface area contributed by atoms with Crippen molar-refractivity contribution in [3.63, 3.8) is 0 Å². The van der Waals surface area contributed by atoms with Crippen LogP contribution in [0.1, 0.15) is 32.4 Å². The van der Waals surface area contributed by atoms with E-state index >= 15 is 0 Å². The van der Waals surface area contributed by atoms with E-state index in [1.54, 1.807) is 6.92 Å². The van der Waals surface area contributed by atoms with Crippen molar-refractivity contribution in [2.24, 2.45) is 0 Å². The van der Waals surface area contributed by atoms with Gasteiger partial charge in [0.1, 0.15) is 11.5 Å². The highest BCUT2D eigenvalue weighted by atomic mass is 35.5. The predicted octanol–water partition coefficient (Wildman–Crippen LogP) is 3.05. The number of nitrogens with zero attached hydrogens (tertiary/aromatic N) is 2. The van der Waals surface area contributed by atoms with Crippen LogP contribution in [-0.4, -0.2) is 31.8 Å². The molecule has 0 fully saturated rings. The number of hydrogen-bond acceptors (Lipinski definition) is 4. The summed E-state index contributed by atoms with van der Waals surface area (Å²) in [6.07, 6.45) is 1.19. The van der Waals surface area contributed by atoms with E-state index in [9.17, 15) is 14.0 Å². The fourth-order valence-electron chi connectivity index (χ4n) is 2.21. The fraction of sp³-hybridized carbons (Fsp3) is 0.125. The molecular weight excluding hydrogens is 363 g/mol. The van der Waals surface area contributed by atoms with Crippen LogP contribution in [0, 0.1) is 19.7 Å². The number of nitrogens with one attached hydrogen (secondary N) is 4. The molecule has 0 unspecified atom stereocenters. The number of hydrogen-bond donors (Lipinski definition) is 4. The third-order valence-corrected chi connectivity index (χ3v) is 3.96. The number of aryl methyl sites for hydroxylation is 2. The number of para-hydroxylation sites is 1. The van der Waals surface area contributed by atoms with Gasteiger partial charge in [-0.25, -0.2) is 14.4 Å². The molecule has 0 aliphatic heterocycles. The first-order valence-corrected chi connectivity index (χ1v) is 7.88. The van der Waals surface area contributed by atoms with Crippen LogP contribution in [0.4, 0.5) is 16.0 Å².